The van der Waals surface area contributed by atoms with Crippen molar-refractivity contribution in [1.29, 1.82) is 0 Å². The number of halogens is 2. The van der Waals surface area contributed by atoms with Gasteiger partial charge in [0, 0.05) is 4.47 Å². The molecule has 0 aromatic heterocycles. The Labute approximate surface area is 116 Å². The fraction of sp³-hybridized carbons (Fsp3) is 0.200. The maximum Gasteiger partial charge on any atom is 0.0636 e. The first kappa shape index (κ1) is 12.7. The number of hydrogen-bond acceptors (Lipinski definition) is 0. The molecule has 17 heavy (non-hydrogen) atoms. The van der Waals surface area contributed by atoms with E-state index in [2.05, 4.69) is 53.2 Å². The van der Waals surface area contributed by atoms with Crippen LogP contribution < -0.4 is 0 Å². The standard InChI is InChI=1S/C15H14BrCl/c1-11-6-8-12(9-7-11)10-15(17)13-4-2-3-5-14(13)16/h2-9,15H,10H2,1H3. The topological polar surface area (TPSA) is 0 Å². The van der Waals surface area contributed by atoms with Gasteiger partial charge in [-0.25, -0.2) is 0 Å². The van der Waals surface area contributed by atoms with Crippen molar-refractivity contribution < 1.29 is 0 Å². The molecule has 0 aliphatic heterocycles. The molecule has 0 spiro atoms. The Morgan fingerprint density at radius 1 is 1.06 bits per heavy atom. The Hall–Kier alpha value is -0.790. The molecule has 1 atom stereocenters. The van der Waals surface area contributed by atoms with Crippen LogP contribution in [0, 0.1) is 6.92 Å². The quantitative estimate of drug-likeness (QED) is 0.677. The van der Waals surface area contributed by atoms with Crippen LogP contribution in [-0.4, -0.2) is 0 Å². The molecule has 0 saturated heterocycles. The lowest BCUT2D eigenvalue weighted by Gasteiger charge is -2.12. The Balaban J connectivity index is 2.14. The minimum absolute atomic E-state index is 0.00767. The molecule has 0 radical (unpaired) electrons. The van der Waals surface area contributed by atoms with Crippen molar-refractivity contribution in [3.8, 4) is 0 Å². The molecule has 0 N–H and O–H groups in total. The van der Waals surface area contributed by atoms with Crippen LogP contribution in [0.15, 0.2) is 53.0 Å². The highest BCUT2D eigenvalue weighted by Crippen LogP contribution is 2.30. The summed E-state index contributed by atoms with van der Waals surface area (Å²) in [6.45, 7) is 2.09. The first-order valence-electron chi connectivity index (χ1n) is 5.61. The molecule has 0 nitrogen and oxygen atoms in total. The lowest BCUT2D eigenvalue weighted by atomic mass is 10.0. The van der Waals surface area contributed by atoms with Crippen molar-refractivity contribution >= 4 is 27.5 Å². The molecule has 2 heteroatoms. The van der Waals surface area contributed by atoms with Gasteiger partial charge in [0.2, 0.25) is 0 Å². The van der Waals surface area contributed by atoms with Gasteiger partial charge in [0.05, 0.1) is 5.38 Å². The number of benzene rings is 2. The summed E-state index contributed by atoms with van der Waals surface area (Å²) in [5.41, 5.74) is 3.70. The van der Waals surface area contributed by atoms with E-state index >= 15 is 0 Å². The van der Waals surface area contributed by atoms with Crippen molar-refractivity contribution in [2.24, 2.45) is 0 Å². The van der Waals surface area contributed by atoms with E-state index in [4.69, 9.17) is 11.6 Å². The van der Waals surface area contributed by atoms with E-state index in [1.807, 2.05) is 18.2 Å². The predicted molar refractivity (Wildman–Crippen MR) is 77.6 cm³/mol. The number of hydrogen-bond donors (Lipinski definition) is 0. The zero-order valence-electron chi connectivity index (χ0n) is 9.66. The summed E-state index contributed by atoms with van der Waals surface area (Å²) in [4.78, 5) is 0. The van der Waals surface area contributed by atoms with Crippen molar-refractivity contribution in [2.75, 3.05) is 0 Å². The van der Waals surface area contributed by atoms with E-state index in [-0.39, 0.29) is 5.38 Å². The van der Waals surface area contributed by atoms with E-state index in [0.717, 1.165) is 16.5 Å². The fourth-order valence-electron chi connectivity index (χ4n) is 1.77. The molecule has 0 heterocycles. The summed E-state index contributed by atoms with van der Waals surface area (Å²) in [5.74, 6) is 0. The maximum absolute atomic E-state index is 6.46. The minimum Gasteiger partial charge on any atom is -0.117 e. The third-order valence-electron chi connectivity index (χ3n) is 2.78. The molecular formula is C15H14BrCl. The van der Waals surface area contributed by atoms with Crippen molar-refractivity contribution in [3.05, 3.63) is 69.7 Å². The highest BCUT2D eigenvalue weighted by molar-refractivity contribution is 9.10. The van der Waals surface area contributed by atoms with E-state index in [1.165, 1.54) is 11.1 Å². The van der Waals surface area contributed by atoms with Crippen molar-refractivity contribution in [3.63, 3.8) is 0 Å². The molecule has 0 fully saturated rings. The Morgan fingerprint density at radius 3 is 2.35 bits per heavy atom. The van der Waals surface area contributed by atoms with Crippen LogP contribution >= 0.6 is 27.5 Å². The molecule has 2 rings (SSSR count). The first-order valence-corrected chi connectivity index (χ1v) is 6.84. The van der Waals surface area contributed by atoms with Crippen LogP contribution in [0.2, 0.25) is 0 Å². The van der Waals surface area contributed by atoms with Gasteiger partial charge in [-0.3, -0.25) is 0 Å². The Morgan fingerprint density at radius 2 is 1.71 bits per heavy atom. The molecule has 0 bridgehead atoms. The van der Waals surface area contributed by atoms with Crippen molar-refractivity contribution in [2.45, 2.75) is 18.7 Å². The zero-order valence-corrected chi connectivity index (χ0v) is 12.0. The van der Waals surface area contributed by atoms with Crippen LogP contribution in [0.4, 0.5) is 0 Å². The highest BCUT2D eigenvalue weighted by Gasteiger charge is 2.11. The summed E-state index contributed by atoms with van der Waals surface area (Å²) in [6, 6.07) is 16.6. The smallest absolute Gasteiger partial charge is 0.0636 e. The summed E-state index contributed by atoms with van der Waals surface area (Å²) in [5, 5.41) is 0.00767. The minimum atomic E-state index is 0.00767. The zero-order chi connectivity index (χ0) is 12.3. The summed E-state index contributed by atoms with van der Waals surface area (Å²) in [7, 11) is 0. The SMILES string of the molecule is Cc1ccc(CC(Cl)c2ccccc2Br)cc1. The lowest BCUT2D eigenvalue weighted by molar-refractivity contribution is 0.914. The second-order valence-corrected chi connectivity index (χ2v) is 5.56. The van der Waals surface area contributed by atoms with Crippen molar-refractivity contribution in [1.82, 2.24) is 0 Å². The highest BCUT2D eigenvalue weighted by atomic mass is 79.9. The molecule has 0 saturated carbocycles. The van der Waals surface area contributed by atoms with Gasteiger partial charge in [-0.05, 0) is 30.5 Å². The Bertz CT molecular complexity index is 491. The third kappa shape index (κ3) is 3.34. The average Bonchev–Trinajstić information content (AvgIpc) is 2.32. The number of aryl methyl sites for hydroxylation is 1. The van der Waals surface area contributed by atoms with E-state index in [0.29, 0.717) is 0 Å². The van der Waals surface area contributed by atoms with E-state index < -0.39 is 0 Å². The maximum atomic E-state index is 6.46. The summed E-state index contributed by atoms with van der Waals surface area (Å²) >= 11 is 9.99. The molecule has 1 unspecified atom stereocenters. The van der Waals surface area contributed by atoms with Gasteiger partial charge in [-0.1, -0.05) is 64.0 Å². The number of alkyl halides is 1. The lowest BCUT2D eigenvalue weighted by Crippen LogP contribution is -1.96. The van der Waals surface area contributed by atoms with Gasteiger partial charge in [0.1, 0.15) is 0 Å². The van der Waals surface area contributed by atoms with Crippen LogP contribution in [0.5, 0.6) is 0 Å². The molecule has 0 amide bonds. The van der Waals surface area contributed by atoms with Gasteiger partial charge < -0.3 is 0 Å². The Kier molecular flexibility index (Phi) is 4.25. The molecular weight excluding hydrogens is 296 g/mol. The van der Waals surface area contributed by atoms with Crippen LogP contribution in [0.3, 0.4) is 0 Å². The molecule has 2 aromatic rings. The third-order valence-corrected chi connectivity index (χ3v) is 3.89. The van der Waals surface area contributed by atoms with E-state index in [1.54, 1.807) is 0 Å². The fourth-order valence-corrected chi connectivity index (χ4v) is 2.83. The van der Waals surface area contributed by atoms with Crippen LogP contribution in [0.1, 0.15) is 22.1 Å². The van der Waals surface area contributed by atoms with Gasteiger partial charge in [0.25, 0.3) is 0 Å². The molecule has 0 aliphatic carbocycles. The predicted octanol–water partition coefficient (Wildman–Crippen LogP) is 5.28. The first-order chi connectivity index (χ1) is 8.16. The summed E-state index contributed by atoms with van der Waals surface area (Å²) < 4.78 is 1.08. The average molecular weight is 310 g/mol. The van der Waals surface area contributed by atoms with Gasteiger partial charge in [0.15, 0.2) is 0 Å². The van der Waals surface area contributed by atoms with Gasteiger partial charge >= 0.3 is 0 Å². The molecule has 88 valence electrons. The van der Waals surface area contributed by atoms with Gasteiger partial charge in [-0.15, -0.1) is 11.6 Å². The normalized spacial score (nSPS) is 12.4. The van der Waals surface area contributed by atoms with E-state index in [9.17, 15) is 0 Å². The van der Waals surface area contributed by atoms with Crippen LogP contribution in [0.25, 0.3) is 0 Å². The number of rotatable bonds is 3. The largest absolute Gasteiger partial charge is 0.117 e. The monoisotopic (exact) mass is 308 g/mol. The molecule has 0 aliphatic rings. The second-order valence-electron chi connectivity index (χ2n) is 4.18. The summed E-state index contributed by atoms with van der Waals surface area (Å²) in [6.07, 6.45) is 0.852. The van der Waals surface area contributed by atoms with Gasteiger partial charge in [-0.2, -0.15) is 0 Å². The second kappa shape index (κ2) is 5.70. The molecule has 2 aromatic carbocycles. The van der Waals surface area contributed by atoms with Crippen LogP contribution in [-0.2, 0) is 6.42 Å².